The fraction of sp³-hybridized carbons (Fsp3) is 0.571. The van der Waals surface area contributed by atoms with Crippen molar-refractivity contribution in [2.45, 2.75) is 31.8 Å². The quantitative estimate of drug-likeness (QED) is 0.620. The third-order valence-electron chi connectivity index (χ3n) is 2.33. The van der Waals surface area contributed by atoms with Crippen LogP contribution in [0, 0.1) is 0 Å². The first-order valence-corrected chi connectivity index (χ1v) is 7.96. The van der Waals surface area contributed by atoms with Crippen LogP contribution in [0.25, 0.3) is 0 Å². The Labute approximate surface area is 121 Å². The van der Waals surface area contributed by atoms with Gasteiger partial charge in [0, 0.05) is 5.56 Å². The van der Waals surface area contributed by atoms with Gasteiger partial charge in [0.15, 0.2) is 5.50 Å². The Kier molecular flexibility index (Phi) is 7.93. The lowest BCUT2D eigenvalue weighted by atomic mass is 10.2. The van der Waals surface area contributed by atoms with Gasteiger partial charge in [-0.15, -0.1) is 0 Å². The van der Waals surface area contributed by atoms with E-state index in [1.54, 1.807) is 6.92 Å². The van der Waals surface area contributed by atoms with E-state index in [-0.39, 0.29) is 6.42 Å². The molecule has 1 rings (SSSR count). The highest BCUT2D eigenvalue weighted by Crippen LogP contribution is 2.07. The monoisotopic (exact) mass is 305 g/mol. The SMILES string of the molecule is CCCC(F)S(=O)(=O)[O-].C[N+](C)(C)Cc1ccccc1. The lowest BCUT2D eigenvalue weighted by molar-refractivity contribution is -0.884. The fourth-order valence-electron chi connectivity index (χ4n) is 1.50. The van der Waals surface area contributed by atoms with Crippen LogP contribution in [0.4, 0.5) is 4.39 Å². The van der Waals surface area contributed by atoms with Crippen LogP contribution in [-0.4, -0.2) is 44.1 Å². The molecular weight excluding hydrogens is 281 g/mol. The summed E-state index contributed by atoms with van der Waals surface area (Å²) in [6.45, 7) is 2.71. The number of nitrogens with zero attached hydrogens (tertiary/aromatic N) is 1. The Morgan fingerprint density at radius 1 is 1.20 bits per heavy atom. The second-order valence-corrected chi connectivity index (χ2v) is 7.12. The largest absolute Gasteiger partial charge is 0.746 e. The Balaban J connectivity index is 0.000000370. The Morgan fingerprint density at radius 3 is 2.00 bits per heavy atom. The van der Waals surface area contributed by atoms with Crippen molar-refractivity contribution < 1.29 is 21.8 Å². The van der Waals surface area contributed by atoms with Crippen LogP contribution in [0.5, 0.6) is 0 Å². The molecule has 0 aromatic heterocycles. The van der Waals surface area contributed by atoms with E-state index in [2.05, 4.69) is 51.5 Å². The second kappa shape index (κ2) is 8.34. The molecule has 0 saturated carbocycles. The smallest absolute Gasteiger partial charge is 0.189 e. The molecule has 0 aliphatic rings. The van der Waals surface area contributed by atoms with Gasteiger partial charge < -0.3 is 9.04 Å². The molecular formula is C14H24FNO3S. The van der Waals surface area contributed by atoms with Crippen LogP contribution in [0.2, 0.25) is 0 Å². The van der Waals surface area contributed by atoms with E-state index in [9.17, 15) is 17.4 Å². The molecule has 116 valence electrons. The van der Waals surface area contributed by atoms with E-state index >= 15 is 0 Å². The summed E-state index contributed by atoms with van der Waals surface area (Å²) in [4.78, 5) is 0. The minimum Gasteiger partial charge on any atom is -0.746 e. The van der Waals surface area contributed by atoms with E-state index < -0.39 is 15.6 Å². The first kappa shape index (κ1) is 19.0. The van der Waals surface area contributed by atoms with Gasteiger partial charge in [-0.05, 0) is 6.42 Å². The molecule has 0 amide bonds. The van der Waals surface area contributed by atoms with Crippen molar-refractivity contribution in [2.24, 2.45) is 0 Å². The molecule has 1 unspecified atom stereocenters. The molecule has 6 heteroatoms. The predicted octanol–water partition coefficient (Wildman–Crippen LogP) is 2.52. The Morgan fingerprint density at radius 2 is 1.70 bits per heavy atom. The Bertz CT molecular complexity index is 469. The highest BCUT2D eigenvalue weighted by atomic mass is 32.2. The van der Waals surface area contributed by atoms with E-state index in [0.29, 0.717) is 6.42 Å². The maximum absolute atomic E-state index is 12.0. The van der Waals surface area contributed by atoms with Gasteiger partial charge in [0.05, 0.1) is 21.1 Å². The van der Waals surface area contributed by atoms with Gasteiger partial charge in [-0.2, -0.15) is 0 Å². The summed E-state index contributed by atoms with van der Waals surface area (Å²) < 4.78 is 42.4. The number of hydrogen-bond acceptors (Lipinski definition) is 3. The summed E-state index contributed by atoms with van der Waals surface area (Å²) in [5.41, 5.74) is -0.817. The van der Waals surface area contributed by atoms with Crippen molar-refractivity contribution in [2.75, 3.05) is 21.1 Å². The standard InChI is InChI=1S/C10H16N.C4H9FO3S/c1-11(2,3)9-10-7-5-4-6-8-10;1-2-3-4(5)9(6,7)8/h4-8H,9H2,1-3H3;4H,2-3H2,1H3,(H,6,7,8)/q+1;/p-1. The molecule has 20 heavy (non-hydrogen) atoms. The van der Waals surface area contributed by atoms with Crippen molar-refractivity contribution >= 4 is 10.1 Å². The van der Waals surface area contributed by atoms with E-state index in [0.717, 1.165) is 11.0 Å². The fourth-order valence-corrected chi connectivity index (χ4v) is 2.03. The average molecular weight is 305 g/mol. The lowest BCUT2D eigenvalue weighted by Crippen LogP contribution is -2.33. The summed E-state index contributed by atoms with van der Waals surface area (Å²) in [5, 5.41) is 0. The average Bonchev–Trinajstić information content (AvgIpc) is 2.28. The molecule has 0 radical (unpaired) electrons. The first-order valence-electron chi connectivity index (χ1n) is 6.49. The molecule has 1 aromatic carbocycles. The third-order valence-corrected chi connectivity index (χ3v) is 3.19. The van der Waals surface area contributed by atoms with Gasteiger partial charge in [0.1, 0.15) is 16.7 Å². The number of hydrogen-bond donors (Lipinski definition) is 0. The molecule has 1 atom stereocenters. The molecule has 4 nitrogen and oxygen atoms in total. The topological polar surface area (TPSA) is 57.2 Å². The number of halogens is 1. The van der Waals surface area contributed by atoms with Gasteiger partial charge in [-0.1, -0.05) is 43.7 Å². The highest BCUT2D eigenvalue weighted by Gasteiger charge is 2.11. The minimum absolute atomic E-state index is 0.203. The van der Waals surface area contributed by atoms with Gasteiger partial charge >= 0.3 is 0 Å². The summed E-state index contributed by atoms with van der Waals surface area (Å²) >= 11 is 0. The zero-order valence-corrected chi connectivity index (χ0v) is 13.4. The Hall–Kier alpha value is -0.980. The van der Waals surface area contributed by atoms with Crippen LogP contribution in [-0.2, 0) is 16.7 Å². The molecule has 0 spiro atoms. The zero-order valence-electron chi connectivity index (χ0n) is 12.5. The second-order valence-electron chi connectivity index (χ2n) is 5.63. The number of rotatable bonds is 5. The van der Waals surface area contributed by atoms with Gasteiger partial charge in [0.2, 0.25) is 0 Å². The molecule has 0 N–H and O–H groups in total. The van der Waals surface area contributed by atoms with Crippen LogP contribution >= 0.6 is 0 Å². The van der Waals surface area contributed by atoms with E-state index in [4.69, 9.17) is 0 Å². The lowest BCUT2D eigenvalue weighted by Gasteiger charge is -2.23. The third kappa shape index (κ3) is 9.89. The van der Waals surface area contributed by atoms with Crippen molar-refractivity contribution in [3.63, 3.8) is 0 Å². The number of quaternary nitrogens is 1. The molecule has 0 fully saturated rings. The maximum atomic E-state index is 12.0. The minimum atomic E-state index is -4.68. The summed E-state index contributed by atoms with van der Waals surface area (Å²) in [7, 11) is 1.92. The molecule has 0 bridgehead atoms. The van der Waals surface area contributed by atoms with E-state index in [1.165, 1.54) is 5.56 Å². The molecule has 1 aromatic rings. The first-order chi connectivity index (χ1) is 9.06. The molecule has 0 saturated heterocycles. The van der Waals surface area contributed by atoms with Crippen LogP contribution in [0.1, 0.15) is 25.3 Å². The van der Waals surface area contributed by atoms with Crippen LogP contribution < -0.4 is 0 Å². The summed E-state index contributed by atoms with van der Waals surface area (Å²) in [6, 6.07) is 10.6. The van der Waals surface area contributed by atoms with E-state index in [1.807, 2.05) is 0 Å². The van der Waals surface area contributed by atoms with Gasteiger partial charge in [-0.3, -0.25) is 0 Å². The number of alkyl halides is 1. The maximum Gasteiger partial charge on any atom is 0.189 e. The predicted molar refractivity (Wildman–Crippen MR) is 77.7 cm³/mol. The summed E-state index contributed by atoms with van der Waals surface area (Å²) in [5.74, 6) is 0. The highest BCUT2D eigenvalue weighted by molar-refractivity contribution is 7.86. The molecule has 0 heterocycles. The van der Waals surface area contributed by atoms with Crippen molar-refractivity contribution in [3.05, 3.63) is 35.9 Å². The van der Waals surface area contributed by atoms with Gasteiger partial charge in [-0.25, -0.2) is 12.8 Å². The zero-order chi connectivity index (χ0) is 15.8. The molecule has 0 aliphatic heterocycles. The number of benzene rings is 1. The molecule has 0 aliphatic carbocycles. The normalized spacial score (nSPS) is 13.3. The van der Waals surface area contributed by atoms with Crippen molar-refractivity contribution in [1.82, 2.24) is 0 Å². The van der Waals surface area contributed by atoms with Crippen LogP contribution in [0.3, 0.4) is 0 Å². The van der Waals surface area contributed by atoms with Crippen molar-refractivity contribution in [3.8, 4) is 0 Å². The van der Waals surface area contributed by atoms with Crippen LogP contribution in [0.15, 0.2) is 30.3 Å². The summed E-state index contributed by atoms with van der Waals surface area (Å²) in [6.07, 6.45) is 0.161. The van der Waals surface area contributed by atoms with Gasteiger partial charge in [0.25, 0.3) is 0 Å². The van der Waals surface area contributed by atoms with Crippen molar-refractivity contribution in [1.29, 1.82) is 0 Å².